The summed E-state index contributed by atoms with van der Waals surface area (Å²) < 4.78 is 0. The summed E-state index contributed by atoms with van der Waals surface area (Å²) in [6.45, 7) is 10.1. The van der Waals surface area contributed by atoms with E-state index >= 15 is 0 Å². The third kappa shape index (κ3) is 9.43. The van der Waals surface area contributed by atoms with Crippen molar-refractivity contribution in [3.05, 3.63) is 34.9 Å². The average Bonchev–Trinajstić information content (AvgIpc) is 2.68. The van der Waals surface area contributed by atoms with Gasteiger partial charge in [0.05, 0.1) is 6.04 Å². The fourth-order valence-corrected chi connectivity index (χ4v) is 3.17. The average molecular weight is 524 g/mol. The van der Waals surface area contributed by atoms with Gasteiger partial charge >= 0.3 is 0 Å². The van der Waals surface area contributed by atoms with Crippen molar-refractivity contribution in [2.75, 3.05) is 39.8 Å². The number of guanidine groups is 1. The van der Waals surface area contributed by atoms with Crippen LogP contribution in [0.5, 0.6) is 0 Å². The number of benzene rings is 1. The van der Waals surface area contributed by atoms with Gasteiger partial charge in [-0.15, -0.1) is 24.0 Å². The Labute approximate surface area is 191 Å². The minimum Gasteiger partial charge on any atom is -0.356 e. The summed E-state index contributed by atoms with van der Waals surface area (Å²) in [5.41, 5.74) is 1.10. The van der Waals surface area contributed by atoms with Crippen molar-refractivity contribution in [1.82, 2.24) is 20.9 Å². The summed E-state index contributed by atoms with van der Waals surface area (Å²) in [5, 5.41) is 10.2. The van der Waals surface area contributed by atoms with Crippen molar-refractivity contribution in [3.8, 4) is 0 Å². The van der Waals surface area contributed by atoms with Crippen LogP contribution in [0.25, 0.3) is 0 Å². The molecule has 1 aromatic rings. The highest BCUT2D eigenvalue weighted by atomic mass is 127. The molecule has 0 saturated heterocycles. The van der Waals surface area contributed by atoms with Gasteiger partial charge in [-0.1, -0.05) is 50.6 Å². The number of hydrogen-bond donors (Lipinski definition) is 3. The molecule has 3 N–H and O–H groups in total. The fourth-order valence-electron chi connectivity index (χ4n) is 2.91. The molecule has 1 unspecified atom stereocenters. The van der Waals surface area contributed by atoms with Gasteiger partial charge in [0.25, 0.3) is 0 Å². The maximum absolute atomic E-state index is 11.7. The summed E-state index contributed by atoms with van der Waals surface area (Å²) in [7, 11) is 1.73. The molecule has 0 bridgehead atoms. The number of aliphatic imine (C=N–C) groups is 1. The zero-order chi connectivity index (χ0) is 20.1. The van der Waals surface area contributed by atoms with E-state index in [9.17, 15) is 4.79 Å². The SMILES string of the molecule is CCCNC(=O)CCNC(=NC)NCC(c1ccccc1Cl)N(CC)CC.I. The van der Waals surface area contributed by atoms with E-state index in [1.807, 2.05) is 25.1 Å². The van der Waals surface area contributed by atoms with Crippen molar-refractivity contribution in [2.45, 2.75) is 39.7 Å². The largest absolute Gasteiger partial charge is 0.356 e. The normalized spacial score (nSPS) is 12.3. The summed E-state index contributed by atoms with van der Waals surface area (Å²) in [5.74, 6) is 0.736. The molecule has 160 valence electrons. The van der Waals surface area contributed by atoms with E-state index in [0.29, 0.717) is 25.5 Å². The maximum Gasteiger partial charge on any atom is 0.221 e. The van der Waals surface area contributed by atoms with Crippen LogP contribution < -0.4 is 16.0 Å². The van der Waals surface area contributed by atoms with Crippen molar-refractivity contribution < 1.29 is 4.79 Å². The Morgan fingerprint density at radius 3 is 2.36 bits per heavy atom. The van der Waals surface area contributed by atoms with Crippen LogP contribution in [0.1, 0.15) is 45.2 Å². The molecular weight excluding hydrogens is 489 g/mol. The molecule has 6 nitrogen and oxygen atoms in total. The van der Waals surface area contributed by atoms with Crippen molar-refractivity contribution in [2.24, 2.45) is 4.99 Å². The molecule has 8 heteroatoms. The van der Waals surface area contributed by atoms with Gasteiger partial charge in [-0.25, -0.2) is 0 Å². The lowest BCUT2D eigenvalue weighted by atomic mass is 10.0. The minimum atomic E-state index is 0. The van der Waals surface area contributed by atoms with Crippen LogP contribution in [0, 0.1) is 0 Å². The van der Waals surface area contributed by atoms with E-state index in [0.717, 1.165) is 36.6 Å². The topological polar surface area (TPSA) is 68.8 Å². The highest BCUT2D eigenvalue weighted by Gasteiger charge is 2.20. The van der Waals surface area contributed by atoms with Crippen LogP contribution in [-0.4, -0.2) is 56.5 Å². The van der Waals surface area contributed by atoms with Crippen molar-refractivity contribution >= 4 is 47.4 Å². The molecule has 0 fully saturated rings. The molecular formula is C20H35ClIN5O. The molecule has 0 spiro atoms. The number of likely N-dealkylation sites (N-methyl/N-ethyl adjacent to an activating group) is 1. The van der Waals surface area contributed by atoms with Crippen LogP contribution in [0.4, 0.5) is 0 Å². The third-order valence-electron chi connectivity index (χ3n) is 4.42. The van der Waals surface area contributed by atoms with E-state index < -0.39 is 0 Å². The monoisotopic (exact) mass is 523 g/mol. The maximum atomic E-state index is 11.7. The minimum absolute atomic E-state index is 0. The Balaban J connectivity index is 0.00000729. The van der Waals surface area contributed by atoms with Gasteiger partial charge in [-0.3, -0.25) is 14.7 Å². The molecule has 1 aromatic carbocycles. The van der Waals surface area contributed by atoms with E-state index in [2.05, 4.69) is 45.8 Å². The number of hydrogen-bond acceptors (Lipinski definition) is 3. The quantitative estimate of drug-likeness (QED) is 0.236. The van der Waals surface area contributed by atoms with Gasteiger partial charge in [0.15, 0.2) is 5.96 Å². The van der Waals surface area contributed by atoms with E-state index in [1.165, 1.54) is 0 Å². The molecule has 0 aromatic heterocycles. The van der Waals surface area contributed by atoms with Crippen molar-refractivity contribution in [3.63, 3.8) is 0 Å². The Morgan fingerprint density at radius 1 is 1.11 bits per heavy atom. The smallest absolute Gasteiger partial charge is 0.221 e. The fraction of sp³-hybridized carbons (Fsp3) is 0.600. The van der Waals surface area contributed by atoms with Gasteiger partial charge in [-0.05, 0) is 31.1 Å². The molecule has 1 atom stereocenters. The molecule has 0 heterocycles. The van der Waals surface area contributed by atoms with Gasteiger partial charge < -0.3 is 16.0 Å². The Kier molecular flexibility index (Phi) is 15.2. The third-order valence-corrected chi connectivity index (χ3v) is 4.76. The molecule has 0 aliphatic rings. The molecule has 1 rings (SSSR count). The first-order chi connectivity index (χ1) is 13.1. The van der Waals surface area contributed by atoms with Crippen LogP contribution in [-0.2, 0) is 4.79 Å². The molecule has 0 radical (unpaired) electrons. The van der Waals surface area contributed by atoms with Crippen LogP contribution in [0.3, 0.4) is 0 Å². The molecule has 1 amide bonds. The van der Waals surface area contributed by atoms with Gasteiger partial charge in [-0.2, -0.15) is 0 Å². The second-order valence-corrected chi connectivity index (χ2v) is 6.65. The van der Waals surface area contributed by atoms with Gasteiger partial charge in [0.1, 0.15) is 0 Å². The second-order valence-electron chi connectivity index (χ2n) is 6.24. The first kappa shape index (κ1) is 26.9. The zero-order valence-corrected chi connectivity index (χ0v) is 20.5. The predicted octanol–water partition coefficient (Wildman–Crippen LogP) is 3.42. The highest BCUT2D eigenvalue weighted by molar-refractivity contribution is 14.0. The van der Waals surface area contributed by atoms with E-state index in [-0.39, 0.29) is 35.9 Å². The lowest BCUT2D eigenvalue weighted by Crippen LogP contribution is -2.44. The van der Waals surface area contributed by atoms with Crippen LogP contribution in [0.15, 0.2) is 29.3 Å². The highest BCUT2D eigenvalue weighted by Crippen LogP contribution is 2.26. The number of nitrogens with one attached hydrogen (secondary N) is 3. The molecule has 28 heavy (non-hydrogen) atoms. The molecule has 0 aliphatic heterocycles. The second kappa shape index (κ2) is 15.8. The lowest BCUT2D eigenvalue weighted by molar-refractivity contribution is -0.120. The standard InChI is InChI=1S/C20H34ClN5O.HI/c1-5-13-23-19(27)12-14-24-20(22-4)25-15-18(26(6-2)7-3)16-10-8-9-11-17(16)21;/h8-11,18H,5-7,12-15H2,1-4H3,(H,23,27)(H2,22,24,25);1H. The Bertz CT molecular complexity index is 596. The number of amides is 1. The Morgan fingerprint density at radius 2 is 1.79 bits per heavy atom. The molecule has 0 saturated carbocycles. The number of rotatable bonds is 11. The van der Waals surface area contributed by atoms with Crippen LogP contribution in [0.2, 0.25) is 5.02 Å². The number of carbonyl (C=O) groups is 1. The zero-order valence-electron chi connectivity index (χ0n) is 17.4. The Hall–Kier alpha value is -1.06. The summed E-state index contributed by atoms with van der Waals surface area (Å²) in [6.07, 6.45) is 1.36. The number of carbonyl (C=O) groups excluding carboxylic acids is 1. The van der Waals surface area contributed by atoms with Crippen LogP contribution >= 0.6 is 35.6 Å². The van der Waals surface area contributed by atoms with E-state index in [1.54, 1.807) is 7.05 Å². The number of halogens is 2. The lowest BCUT2D eigenvalue weighted by Gasteiger charge is -2.31. The van der Waals surface area contributed by atoms with Crippen molar-refractivity contribution in [1.29, 1.82) is 0 Å². The molecule has 0 aliphatic carbocycles. The first-order valence-electron chi connectivity index (χ1n) is 9.76. The summed E-state index contributed by atoms with van der Waals surface area (Å²) in [4.78, 5) is 18.3. The number of nitrogens with zero attached hydrogens (tertiary/aromatic N) is 2. The predicted molar refractivity (Wildman–Crippen MR) is 130 cm³/mol. The first-order valence-corrected chi connectivity index (χ1v) is 10.1. The van der Waals surface area contributed by atoms with Gasteiger partial charge in [0.2, 0.25) is 5.91 Å². The van der Waals surface area contributed by atoms with Gasteiger partial charge in [0, 0.05) is 38.1 Å². The summed E-state index contributed by atoms with van der Waals surface area (Å²) >= 11 is 6.44. The van der Waals surface area contributed by atoms with E-state index in [4.69, 9.17) is 11.6 Å². The summed E-state index contributed by atoms with van der Waals surface area (Å²) in [6, 6.07) is 8.10.